The minimum Gasteiger partial charge on any atom is -0.397 e. The normalized spacial score (nSPS) is 18.8. The van der Waals surface area contributed by atoms with Crippen LogP contribution in [-0.4, -0.2) is 63.3 Å². The van der Waals surface area contributed by atoms with E-state index in [1.54, 1.807) is 18.3 Å². The molecule has 2 atom stereocenters. The second kappa shape index (κ2) is 9.55. The van der Waals surface area contributed by atoms with Crippen LogP contribution in [0.25, 0.3) is 0 Å². The number of fused-ring (bicyclic) bond motifs is 1. The molecule has 9 nitrogen and oxygen atoms in total. The van der Waals surface area contributed by atoms with E-state index in [0.717, 1.165) is 36.7 Å². The molecule has 0 radical (unpaired) electrons. The number of carbonyl (C=O) groups excluding carboxylic acids is 2. The second-order valence-electron chi connectivity index (χ2n) is 9.20. The molecule has 10 heteroatoms. The van der Waals surface area contributed by atoms with Crippen LogP contribution in [-0.2, 0) is 22.7 Å². The molecule has 1 aromatic heterocycles. The number of piperidine rings is 1. The number of benzene rings is 1. The van der Waals surface area contributed by atoms with Crippen LogP contribution in [0, 0.1) is 11.7 Å². The van der Waals surface area contributed by atoms with E-state index in [4.69, 9.17) is 5.73 Å². The third-order valence-corrected chi connectivity index (χ3v) is 6.72. The lowest BCUT2D eigenvalue weighted by Gasteiger charge is -2.35. The van der Waals surface area contributed by atoms with Crippen LogP contribution in [0.15, 0.2) is 36.5 Å². The van der Waals surface area contributed by atoms with Gasteiger partial charge >= 0.3 is 0 Å². The average Bonchev–Trinajstić information content (AvgIpc) is 3.26. The van der Waals surface area contributed by atoms with Gasteiger partial charge in [-0.3, -0.25) is 14.6 Å². The third kappa shape index (κ3) is 4.83. The number of carbonyl (C=O) groups is 2. The van der Waals surface area contributed by atoms with Crippen molar-refractivity contribution < 1.29 is 24.2 Å². The van der Waals surface area contributed by atoms with Gasteiger partial charge in [-0.15, -0.1) is 0 Å². The molecule has 0 unspecified atom stereocenters. The Hall–Kier alpha value is -3.24. The number of nitrogens with one attached hydrogen (secondary N) is 1. The fraction of sp³-hybridized carbons (Fsp3) is 0.458. The zero-order valence-electron chi connectivity index (χ0n) is 19.1. The van der Waals surface area contributed by atoms with Crippen molar-refractivity contribution in [3.8, 4) is 0 Å². The monoisotopic (exact) mass is 471 g/mol. The van der Waals surface area contributed by atoms with Crippen molar-refractivity contribution in [1.29, 1.82) is 0 Å². The van der Waals surface area contributed by atoms with Crippen molar-refractivity contribution >= 4 is 23.2 Å². The highest BCUT2D eigenvalue weighted by atomic mass is 19.1. The van der Waals surface area contributed by atoms with E-state index in [0.29, 0.717) is 25.3 Å². The molecule has 0 aliphatic carbocycles. The number of hydrogen-bond acceptors (Lipinski definition) is 7. The smallest absolute Gasteiger partial charge is 0.255 e. The molecule has 1 aromatic carbocycles. The van der Waals surface area contributed by atoms with Crippen LogP contribution in [0.3, 0.4) is 0 Å². The maximum Gasteiger partial charge on any atom is 0.255 e. The molecule has 34 heavy (non-hydrogen) atoms. The summed E-state index contributed by atoms with van der Waals surface area (Å²) in [5.74, 6) is -1.74. The average molecular weight is 472 g/mol. The van der Waals surface area contributed by atoms with E-state index in [9.17, 15) is 24.2 Å². The summed E-state index contributed by atoms with van der Waals surface area (Å²) in [5, 5.41) is 23.9. The van der Waals surface area contributed by atoms with Crippen molar-refractivity contribution in [2.24, 2.45) is 5.92 Å². The van der Waals surface area contributed by atoms with Gasteiger partial charge in [-0.25, -0.2) is 4.39 Å². The van der Waals surface area contributed by atoms with Gasteiger partial charge in [0.1, 0.15) is 5.82 Å². The third-order valence-electron chi connectivity index (χ3n) is 6.72. The van der Waals surface area contributed by atoms with Gasteiger partial charge in [0.2, 0.25) is 0 Å². The molecule has 2 aliphatic heterocycles. The van der Waals surface area contributed by atoms with E-state index in [2.05, 4.69) is 15.2 Å². The van der Waals surface area contributed by atoms with Gasteiger partial charge in [-0.05, 0) is 55.5 Å². The van der Waals surface area contributed by atoms with E-state index < -0.39 is 23.5 Å². The van der Waals surface area contributed by atoms with Gasteiger partial charge in [0.25, 0.3) is 11.8 Å². The number of hydrogen-bond donors (Lipinski definition) is 4. The Morgan fingerprint density at radius 2 is 2.03 bits per heavy atom. The van der Waals surface area contributed by atoms with Crippen LogP contribution in [0.5, 0.6) is 0 Å². The fourth-order valence-electron chi connectivity index (χ4n) is 4.50. The molecule has 2 amide bonds. The number of aliphatic hydroxyl groups is 2. The summed E-state index contributed by atoms with van der Waals surface area (Å²) in [4.78, 5) is 33.1. The number of anilines is 2. The summed E-state index contributed by atoms with van der Waals surface area (Å²) in [6.45, 7) is 3.33. The Morgan fingerprint density at radius 3 is 2.71 bits per heavy atom. The van der Waals surface area contributed by atoms with Gasteiger partial charge in [0, 0.05) is 32.4 Å². The van der Waals surface area contributed by atoms with Crippen molar-refractivity contribution in [2.45, 2.75) is 44.6 Å². The van der Waals surface area contributed by atoms with Crippen molar-refractivity contribution in [3.05, 3.63) is 53.6 Å². The Labute approximate surface area is 197 Å². The number of nitrogen functional groups attached to an aromatic ring is 1. The SMILES string of the molecule is C[C@](O)(C(=O)NCC1CCN(c2ccc(F)cc2N)CC1)[C@@H](O)C(=O)N1Cc2cccnc2C1. The predicted molar refractivity (Wildman–Crippen MR) is 124 cm³/mol. The summed E-state index contributed by atoms with van der Waals surface area (Å²) >= 11 is 0. The Bertz CT molecular complexity index is 1050. The van der Waals surface area contributed by atoms with Gasteiger partial charge in [-0.1, -0.05) is 6.07 Å². The first-order valence-corrected chi connectivity index (χ1v) is 11.4. The fourth-order valence-corrected chi connectivity index (χ4v) is 4.50. The van der Waals surface area contributed by atoms with Gasteiger partial charge in [0.05, 0.1) is 23.6 Å². The standard InChI is InChI=1S/C24H30FN5O4/c1-24(34,21(31)22(32)30-13-16-3-2-8-27-19(16)14-30)23(33)28-12-15-6-9-29(10-7-15)20-5-4-17(25)11-18(20)26/h2-5,8,11,15,21,31,34H,6-7,9-10,12-14,26H2,1H3,(H,28,33)/t21-,24+/m0/s1. The van der Waals surface area contributed by atoms with Crippen molar-refractivity contribution in [3.63, 3.8) is 0 Å². The number of nitrogens with two attached hydrogens (primary N) is 1. The Kier molecular flexibility index (Phi) is 6.72. The molecule has 4 rings (SSSR count). The van der Waals surface area contributed by atoms with E-state index in [-0.39, 0.29) is 24.8 Å². The number of aromatic nitrogens is 1. The predicted octanol–water partition coefficient (Wildman–Crippen LogP) is 0.790. The van der Waals surface area contributed by atoms with Gasteiger partial charge in [-0.2, -0.15) is 0 Å². The summed E-state index contributed by atoms with van der Waals surface area (Å²) < 4.78 is 13.3. The molecule has 3 heterocycles. The lowest BCUT2D eigenvalue weighted by atomic mass is 9.94. The van der Waals surface area contributed by atoms with Crippen LogP contribution < -0.4 is 16.0 Å². The molecule has 2 aliphatic rings. The minimum absolute atomic E-state index is 0.157. The highest BCUT2D eigenvalue weighted by Crippen LogP contribution is 2.29. The van der Waals surface area contributed by atoms with E-state index in [1.807, 2.05) is 6.07 Å². The maximum atomic E-state index is 13.3. The molecule has 5 N–H and O–H groups in total. The first kappa shape index (κ1) is 23.9. The molecule has 0 bridgehead atoms. The highest BCUT2D eigenvalue weighted by molar-refractivity contribution is 5.94. The van der Waals surface area contributed by atoms with Gasteiger partial charge < -0.3 is 31.1 Å². The molecular weight excluding hydrogens is 441 g/mol. The summed E-state index contributed by atoms with van der Waals surface area (Å²) in [6.07, 6.45) is 1.26. The van der Waals surface area contributed by atoms with Crippen LogP contribution in [0.1, 0.15) is 31.0 Å². The lowest BCUT2D eigenvalue weighted by Crippen LogP contribution is -2.58. The zero-order chi connectivity index (χ0) is 24.5. The molecule has 182 valence electrons. The minimum atomic E-state index is -2.28. The first-order chi connectivity index (χ1) is 16.2. The molecule has 1 fully saturated rings. The molecule has 1 saturated heterocycles. The van der Waals surface area contributed by atoms with Crippen molar-refractivity contribution in [2.75, 3.05) is 30.3 Å². The summed E-state index contributed by atoms with van der Waals surface area (Å²) in [6, 6.07) is 7.96. The number of pyridine rings is 1. The van der Waals surface area contributed by atoms with Crippen molar-refractivity contribution in [1.82, 2.24) is 15.2 Å². The van der Waals surface area contributed by atoms with Gasteiger partial charge in [0.15, 0.2) is 11.7 Å². The maximum absolute atomic E-state index is 13.3. The number of aliphatic hydroxyl groups excluding tert-OH is 1. The molecule has 0 saturated carbocycles. The summed E-state index contributed by atoms with van der Waals surface area (Å²) in [5.41, 5.74) is 6.44. The number of rotatable bonds is 6. The number of amides is 2. The quantitative estimate of drug-likeness (QED) is 0.458. The van der Waals surface area contributed by atoms with E-state index in [1.165, 1.54) is 17.0 Å². The second-order valence-corrected chi connectivity index (χ2v) is 9.20. The Morgan fingerprint density at radius 1 is 1.29 bits per heavy atom. The van der Waals surface area contributed by atoms with Crippen LogP contribution in [0.2, 0.25) is 0 Å². The number of nitrogens with zero attached hydrogens (tertiary/aromatic N) is 3. The topological polar surface area (TPSA) is 132 Å². The molecule has 0 spiro atoms. The van der Waals surface area contributed by atoms with Crippen LogP contribution >= 0.6 is 0 Å². The molecule has 2 aromatic rings. The van der Waals surface area contributed by atoms with Crippen LogP contribution in [0.4, 0.5) is 15.8 Å². The lowest BCUT2D eigenvalue weighted by molar-refractivity contribution is -0.166. The summed E-state index contributed by atoms with van der Waals surface area (Å²) in [7, 11) is 0. The Balaban J connectivity index is 1.27. The molecular formula is C24H30FN5O4. The highest BCUT2D eigenvalue weighted by Gasteiger charge is 2.45. The first-order valence-electron chi connectivity index (χ1n) is 11.4. The number of halogens is 1. The largest absolute Gasteiger partial charge is 0.397 e. The van der Waals surface area contributed by atoms with E-state index >= 15 is 0 Å². The zero-order valence-corrected chi connectivity index (χ0v) is 19.1.